The van der Waals surface area contributed by atoms with Gasteiger partial charge in [-0.25, -0.2) is 4.79 Å². The van der Waals surface area contributed by atoms with Crippen molar-refractivity contribution in [3.8, 4) is 0 Å². The number of hydrogen-bond donors (Lipinski definition) is 1. The maximum Gasteiger partial charge on any atom is 0.317 e. The van der Waals surface area contributed by atoms with E-state index in [1.54, 1.807) is 0 Å². The van der Waals surface area contributed by atoms with Crippen LogP contribution in [-0.4, -0.2) is 62.2 Å². The van der Waals surface area contributed by atoms with Gasteiger partial charge in [0.2, 0.25) is 0 Å². The van der Waals surface area contributed by atoms with Gasteiger partial charge in [-0.3, -0.25) is 0 Å². The van der Waals surface area contributed by atoms with Crippen molar-refractivity contribution in [3.63, 3.8) is 0 Å². The van der Waals surface area contributed by atoms with E-state index in [1.165, 1.54) is 19.4 Å². The van der Waals surface area contributed by atoms with Crippen molar-refractivity contribution in [1.82, 2.24) is 15.1 Å². The summed E-state index contributed by atoms with van der Waals surface area (Å²) >= 11 is 0. The van der Waals surface area contributed by atoms with E-state index in [0.717, 1.165) is 25.1 Å². The number of urea groups is 1. The Bertz CT molecular complexity index is 537. The molecular weight excluding hydrogens is 302 g/mol. The van der Waals surface area contributed by atoms with Crippen LogP contribution in [0.15, 0.2) is 30.3 Å². The molecule has 2 aliphatic rings. The van der Waals surface area contributed by atoms with Crippen LogP contribution in [0, 0.1) is 5.92 Å². The summed E-state index contributed by atoms with van der Waals surface area (Å²) in [5, 5.41) is 3.18. The van der Waals surface area contributed by atoms with Gasteiger partial charge in [0.15, 0.2) is 0 Å². The van der Waals surface area contributed by atoms with Crippen LogP contribution in [0.3, 0.4) is 0 Å². The summed E-state index contributed by atoms with van der Waals surface area (Å²) in [7, 11) is 4.06. The average Bonchev–Trinajstić information content (AvgIpc) is 3.03. The van der Waals surface area contributed by atoms with E-state index in [0.29, 0.717) is 12.5 Å². The van der Waals surface area contributed by atoms with Gasteiger partial charge in [0.25, 0.3) is 0 Å². The van der Waals surface area contributed by atoms with Crippen LogP contribution in [0.2, 0.25) is 0 Å². The molecule has 3 rings (SSSR count). The number of ether oxygens (including phenoxy) is 1. The number of nitrogens with zero attached hydrogens (tertiary/aromatic N) is 2. The van der Waals surface area contributed by atoms with E-state index >= 15 is 0 Å². The first-order chi connectivity index (χ1) is 11.6. The molecule has 2 aliphatic heterocycles. The molecule has 5 nitrogen and oxygen atoms in total. The normalized spacial score (nSPS) is 27.8. The van der Waals surface area contributed by atoms with E-state index in [-0.39, 0.29) is 18.2 Å². The summed E-state index contributed by atoms with van der Waals surface area (Å²) < 4.78 is 5.86. The Hall–Kier alpha value is -1.59. The number of hydrogen-bond acceptors (Lipinski definition) is 3. The predicted octanol–water partition coefficient (Wildman–Crippen LogP) is 2.50. The number of amides is 2. The Labute approximate surface area is 145 Å². The lowest BCUT2D eigenvalue weighted by Crippen LogP contribution is -2.47. The zero-order valence-electron chi connectivity index (χ0n) is 14.8. The van der Waals surface area contributed by atoms with Crippen molar-refractivity contribution in [2.75, 3.05) is 40.3 Å². The van der Waals surface area contributed by atoms with Crippen LogP contribution < -0.4 is 5.32 Å². The largest absolute Gasteiger partial charge is 0.371 e. The van der Waals surface area contributed by atoms with E-state index in [9.17, 15) is 4.79 Å². The molecule has 1 aromatic rings. The van der Waals surface area contributed by atoms with Gasteiger partial charge in [0.05, 0.1) is 6.04 Å². The molecule has 0 unspecified atom stereocenters. The highest BCUT2D eigenvalue weighted by atomic mass is 16.5. The zero-order chi connectivity index (χ0) is 16.9. The minimum atomic E-state index is -0.0376. The molecule has 132 valence electrons. The summed E-state index contributed by atoms with van der Waals surface area (Å²) in [4.78, 5) is 16.8. The van der Waals surface area contributed by atoms with Gasteiger partial charge in [-0.1, -0.05) is 30.3 Å². The molecule has 1 N–H and O–H groups in total. The molecule has 24 heavy (non-hydrogen) atoms. The summed E-state index contributed by atoms with van der Waals surface area (Å²) in [6, 6.07) is 10.2. The van der Waals surface area contributed by atoms with Gasteiger partial charge in [0, 0.05) is 26.7 Å². The van der Waals surface area contributed by atoms with Gasteiger partial charge >= 0.3 is 6.03 Å². The number of carbonyl (C=O) groups excluding carboxylic acids is 1. The van der Waals surface area contributed by atoms with Crippen LogP contribution >= 0.6 is 0 Å². The highest BCUT2D eigenvalue weighted by Crippen LogP contribution is 2.29. The molecule has 0 radical (unpaired) electrons. The first kappa shape index (κ1) is 17.2. The molecule has 2 fully saturated rings. The first-order valence-corrected chi connectivity index (χ1v) is 9.00. The lowest BCUT2D eigenvalue weighted by molar-refractivity contribution is 0.0977. The number of piperidine rings is 1. The van der Waals surface area contributed by atoms with E-state index in [1.807, 2.05) is 30.1 Å². The van der Waals surface area contributed by atoms with Gasteiger partial charge < -0.3 is 19.9 Å². The third kappa shape index (κ3) is 4.28. The molecule has 2 heterocycles. The van der Waals surface area contributed by atoms with Crippen molar-refractivity contribution in [2.24, 2.45) is 5.92 Å². The van der Waals surface area contributed by atoms with E-state index in [4.69, 9.17) is 4.74 Å². The minimum absolute atomic E-state index is 0.0136. The lowest BCUT2D eigenvalue weighted by atomic mass is 9.98. The highest BCUT2D eigenvalue weighted by molar-refractivity contribution is 5.74. The fourth-order valence-corrected chi connectivity index (χ4v) is 3.87. The quantitative estimate of drug-likeness (QED) is 0.922. The molecule has 2 amide bonds. The van der Waals surface area contributed by atoms with Gasteiger partial charge in [-0.2, -0.15) is 0 Å². The second kappa shape index (κ2) is 7.99. The number of carbonyl (C=O) groups is 1. The van der Waals surface area contributed by atoms with Crippen molar-refractivity contribution in [2.45, 2.75) is 31.4 Å². The SMILES string of the molecule is CN1CCC[C@H](CN(C)C(=O)N[C@H]2CCO[C@@H]2c2ccccc2)C1. The van der Waals surface area contributed by atoms with E-state index < -0.39 is 0 Å². The molecule has 1 aromatic carbocycles. The second-order valence-electron chi connectivity index (χ2n) is 7.20. The smallest absolute Gasteiger partial charge is 0.317 e. The van der Waals surface area contributed by atoms with Crippen molar-refractivity contribution in [3.05, 3.63) is 35.9 Å². The maximum atomic E-state index is 12.6. The molecule has 0 aromatic heterocycles. The van der Waals surface area contributed by atoms with Crippen LogP contribution in [0.1, 0.15) is 30.9 Å². The summed E-state index contributed by atoms with van der Waals surface area (Å²) in [6.45, 7) is 3.77. The van der Waals surface area contributed by atoms with Crippen molar-refractivity contribution in [1.29, 1.82) is 0 Å². The monoisotopic (exact) mass is 331 g/mol. The molecule has 5 heteroatoms. The Morgan fingerprint density at radius 1 is 1.33 bits per heavy atom. The Morgan fingerprint density at radius 3 is 2.88 bits per heavy atom. The van der Waals surface area contributed by atoms with Crippen LogP contribution in [0.5, 0.6) is 0 Å². The molecular formula is C19H29N3O2. The average molecular weight is 331 g/mol. The van der Waals surface area contributed by atoms with Crippen molar-refractivity contribution < 1.29 is 9.53 Å². The fourth-order valence-electron chi connectivity index (χ4n) is 3.87. The summed E-state index contributed by atoms with van der Waals surface area (Å²) in [6.07, 6.45) is 3.26. The maximum absolute atomic E-state index is 12.6. The molecule has 0 spiro atoms. The zero-order valence-corrected chi connectivity index (χ0v) is 14.8. The topological polar surface area (TPSA) is 44.8 Å². The minimum Gasteiger partial charge on any atom is -0.371 e. The third-order valence-corrected chi connectivity index (χ3v) is 5.13. The van der Waals surface area contributed by atoms with E-state index in [2.05, 4.69) is 29.4 Å². The Kier molecular flexibility index (Phi) is 5.74. The Morgan fingerprint density at radius 2 is 2.12 bits per heavy atom. The number of nitrogens with one attached hydrogen (secondary N) is 1. The van der Waals surface area contributed by atoms with Crippen LogP contribution in [-0.2, 0) is 4.74 Å². The number of likely N-dealkylation sites (tertiary alicyclic amines) is 1. The standard InChI is InChI=1S/C19H29N3O2/c1-21-11-6-7-15(13-21)14-22(2)19(23)20-17-10-12-24-18(17)16-8-4-3-5-9-16/h3-5,8-9,15,17-18H,6-7,10-14H2,1-2H3,(H,20,23)/t15-,17-,18+/m0/s1. The van der Waals surface area contributed by atoms with Gasteiger partial charge in [-0.05, 0) is 44.3 Å². The second-order valence-corrected chi connectivity index (χ2v) is 7.20. The van der Waals surface area contributed by atoms with Crippen LogP contribution in [0.4, 0.5) is 4.79 Å². The Balaban J connectivity index is 1.53. The number of benzene rings is 1. The summed E-state index contributed by atoms with van der Waals surface area (Å²) in [5.41, 5.74) is 1.14. The first-order valence-electron chi connectivity index (χ1n) is 9.00. The molecule has 0 saturated carbocycles. The summed E-state index contributed by atoms with van der Waals surface area (Å²) in [5.74, 6) is 0.573. The van der Waals surface area contributed by atoms with Gasteiger partial charge in [0.1, 0.15) is 6.10 Å². The van der Waals surface area contributed by atoms with Gasteiger partial charge in [-0.15, -0.1) is 0 Å². The predicted molar refractivity (Wildman–Crippen MR) is 94.9 cm³/mol. The third-order valence-electron chi connectivity index (χ3n) is 5.13. The van der Waals surface area contributed by atoms with Crippen molar-refractivity contribution >= 4 is 6.03 Å². The fraction of sp³-hybridized carbons (Fsp3) is 0.632. The lowest BCUT2D eigenvalue weighted by Gasteiger charge is -2.33. The van der Waals surface area contributed by atoms with Crippen LogP contribution in [0.25, 0.3) is 0 Å². The highest BCUT2D eigenvalue weighted by Gasteiger charge is 2.32. The molecule has 2 saturated heterocycles. The number of rotatable bonds is 4. The molecule has 0 aliphatic carbocycles. The molecule has 0 bridgehead atoms. The molecule has 3 atom stereocenters.